The van der Waals surface area contributed by atoms with E-state index in [0.29, 0.717) is 16.3 Å². The molecule has 0 spiro atoms. The molecule has 202 valence electrons. The second kappa shape index (κ2) is 10.2. The number of aromatic carboxylic acids is 1. The molecule has 2 atom stereocenters. The third-order valence-electron chi connectivity index (χ3n) is 5.61. The van der Waals surface area contributed by atoms with E-state index in [1.807, 2.05) is 0 Å². The van der Waals surface area contributed by atoms with Gasteiger partial charge in [0.1, 0.15) is 27.8 Å². The van der Waals surface area contributed by atoms with E-state index < -0.39 is 46.7 Å². The average molecular weight is 592 g/mol. The molecule has 1 saturated heterocycles. The van der Waals surface area contributed by atoms with E-state index in [0.717, 1.165) is 16.2 Å². The molecule has 0 aliphatic carbocycles. The molecule has 0 bridgehead atoms. The maximum atomic E-state index is 13.0. The quantitative estimate of drug-likeness (QED) is 0.0573. The molecule has 3 aromatic rings. The van der Waals surface area contributed by atoms with Crippen LogP contribution in [-0.2, 0) is 14.4 Å². The monoisotopic (exact) mass is 591 g/mol. The maximum Gasteiger partial charge on any atom is 0.375 e. The van der Waals surface area contributed by atoms with Gasteiger partial charge in [-0.25, -0.2) is 19.6 Å². The molecule has 3 aromatic heterocycles. The molecule has 2 aliphatic heterocycles. The average Bonchev–Trinajstić information content (AvgIpc) is 3.52. The van der Waals surface area contributed by atoms with Crippen molar-refractivity contribution in [1.29, 1.82) is 0 Å². The first kappa shape index (κ1) is 26.4. The van der Waals surface area contributed by atoms with Gasteiger partial charge in [-0.2, -0.15) is 9.50 Å². The Labute approximate surface area is 230 Å². The van der Waals surface area contributed by atoms with Crippen LogP contribution in [0.3, 0.4) is 0 Å². The first-order chi connectivity index (χ1) is 18.6. The van der Waals surface area contributed by atoms with Crippen LogP contribution < -0.4 is 11.1 Å². The van der Waals surface area contributed by atoms with Gasteiger partial charge in [0.2, 0.25) is 0 Å². The molecule has 39 heavy (non-hydrogen) atoms. The first-order valence-corrected chi connectivity index (χ1v) is 13.7. The first-order valence-electron chi connectivity index (χ1n) is 10.8. The number of carboxylic acid groups (broad SMARTS) is 2. The number of rotatable bonds is 8. The minimum absolute atomic E-state index is 0.0335. The number of β-lactam (4-membered cyclic amide) rings is 1. The van der Waals surface area contributed by atoms with Crippen LogP contribution in [0.4, 0.5) is 5.13 Å². The van der Waals surface area contributed by atoms with Crippen molar-refractivity contribution in [3.8, 4) is 0 Å². The fourth-order valence-electron chi connectivity index (χ4n) is 3.92. The molecule has 2 aliphatic rings. The molecular formula is C20H17N9O7S3. The number of hydrogen-bond acceptors (Lipinski definition) is 14. The van der Waals surface area contributed by atoms with Crippen molar-refractivity contribution >= 4 is 75.2 Å². The highest BCUT2D eigenvalue weighted by molar-refractivity contribution is 8.01. The largest absolute Gasteiger partial charge is 0.477 e. The number of aliphatic carboxylic acids is 1. The molecule has 5 heterocycles. The Bertz CT molecular complexity index is 1610. The molecule has 5 rings (SSSR count). The van der Waals surface area contributed by atoms with Gasteiger partial charge >= 0.3 is 11.9 Å². The van der Waals surface area contributed by atoms with E-state index in [1.165, 1.54) is 33.4 Å². The Hall–Kier alpha value is -4.23. The summed E-state index contributed by atoms with van der Waals surface area (Å²) in [4.78, 5) is 62.2. The van der Waals surface area contributed by atoms with Gasteiger partial charge < -0.3 is 26.5 Å². The summed E-state index contributed by atoms with van der Waals surface area (Å²) in [5.41, 5.74) is 5.97. The zero-order valence-electron chi connectivity index (χ0n) is 19.6. The molecule has 0 radical (unpaired) electrons. The number of thiazole rings is 1. The summed E-state index contributed by atoms with van der Waals surface area (Å²) >= 11 is 3.49. The number of nitrogens with two attached hydrogens (primary N) is 1. The van der Waals surface area contributed by atoms with Crippen LogP contribution in [0.25, 0.3) is 5.78 Å². The highest BCUT2D eigenvalue weighted by Gasteiger charge is 2.54. The van der Waals surface area contributed by atoms with E-state index in [1.54, 1.807) is 13.0 Å². The summed E-state index contributed by atoms with van der Waals surface area (Å²) in [6, 6.07) is 0.611. The third-order valence-corrected chi connectivity index (χ3v) is 8.70. The molecular weight excluding hydrogens is 574 g/mol. The maximum absolute atomic E-state index is 13.0. The Morgan fingerprint density at radius 1 is 1.26 bits per heavy atom. The molecule has 16 nitrogen and oxygen atoms in total. The normalized spacial score (nSPS) is 19.2. The van der Waals surface area contributed by atoms with Crippen LogP contribution in [0.2, 0.25) is 0 Å². The van der Waals surface area contributed by atoms with E-state index in [-0.39, 0.29) is 33.8 Å². The SMILES string of the molecule is Cc1cc(SCC2=C(C(=O)O)N3C(=O)[C@@H](NC(=O)C(=NO)c4csc(N)n4)[C@H]3SC2)n2nc(C(=O)O)nc2n1. The predicted octanol–water partition coefficient (Wildman–Crippen LogP) is -0.121. The van der Waals surface area contributed by atoms with E-state index in [9.17, 15) is 34.6 Å². The van der Waals surface area contributed by atoms with Gasteiger partial charge in [-0.1, -0.05) is 5.16 Å². The lowest BCUT2D eigenvalue weighted by Crippen LogP contribution is -2.71. The smallest absolute Gasteiger partial charge is 0.375 e. The van der Waals surface area contributed by atoms with E-state index in [2.05, 4.69) is 30.5 Å². The molecule has 0 saturated carbocycles. The highest BCUT2D eigenvalue weighted by atomic mass is 32.2. The summed E-state index contributed by atoms with van der Waals surface area (Å²) in [5, 5.41) is 39.2. The summed E-state index contributed by atoms with van der Waals surface area (Å²) in [7, 11) is 0. The van der Waals surface area contributed by atoms with Gasteiger partial charge in [0.25, 0.3) is 23.4 Å². The van der Waals surface area contributed by atoms with Crippen LogP contribution >= 0.6 is 34.9 Å². The van der Waals surface area contributed by atoms with Crippen molar-refractivity contribution in [1.82, 2.24) is 34.8 Å². The van der Waals surface area contributed by atoms with Crippen LogP contribution in [0.15, 0.2) is 32.9 Å². The van der Waals surface area contributed by atoms with Crippen LogP contribution in [-0.4, -0.2) is 97.3 Å². The van der Waals surface area contributed by atoms with Crippen molar-refractivity contribution < 1.29 is 34.6 Å². The van der Waals surface area contributed by atoms with E-state index in [4.69, 9.17) is 5.73 Å². The zero-order chi connectivity index (χ0) is 28.0. The number of oxime groups is 1. The second-order valence-electron chi connectivity index (χ2n) is 8.11. The number of aryl methyl sites for hydroxylation is 1. The lowest BCUT2D eigenvalue weighted by molar-refractivity contribution is -0.150. The van der Waals surface area contributed by atoms with Crippen molar-refractivity contribution in [3.05, 3.63) is 39.9 Å². The van der Waals surface area contributed by atoms with Crippen molar-refractivity contribution in [2.24, 2.45) is 5.16 Å². The summed E-state index contributed by atoms with van der Waals surface area (Å²) in [5.74, 6) is -4.08. The van der Waals surface area contributed by atoms with Gasteiger partial charge in [-0.3, -0.25) is 14.5 Å². The highest BCUT2D eigenvalue weighted by Crippen LogP contribution is 2.41. The topological polar surface area (TPSA) is 239 Å². The third kappa shape index (κ3) is 4.74. The fraction of sp³-hybridized carbons (Fsp3) is 0.250. The molecule has 6 N–H and O–H groups in total. The Morgan fingerprint density at radius 3 is 2.67 bits per heavy atom. The van der Waals surface area contributed by atoms with E-state index >= 15 is 0 Å². The lowest BCUT2D eigenvalue weighted by Gasteiger charge is -2.49. The Kier molecular flexibility index (Phi) is 6.87. The molecule has 19 heteroatoms. The second-order valence-corrected chi connectivity index (χ2v) is 11.1. The van der Waals surface area contributed by atoms with Gasteiger partial charge in [0, 0.05) is 22.6 Å². The number of thioether (sulfide) groups is 2. The number of nitrogens with zero attached hydrogens (tertiary/aromatic N) is 7. The fourth-order valence-corrected chi connectivity index (χ4v) is 7.00. The van der Waals surface area contributed by atoms with Gasteiger partial charge in [-0.05, 0) is 18.6 Å². The van der Waals surface area contributed by atoms with Gasteiger partial charge in [0.15, 0.2) is 10.8 Å². The van der Waals surface area contributed by atoms with Crippen LogP contribution in [0.1, 0.15) is 22.0 Å². The summed E-state index contributed by atoms with van der Waals surface area (Å²) in [6.07, 6.45) is 0. The van der Waals surface area contributed by atoms with Crippen LogP contribution in [0, 0.1) is 6.92 Å². The zero-order valence-corrected chi connectivity index (χ0v) is 22.1. The van der Waals surface area contributed by atoms with Gasteiger partial charge in [0.05, 0.1) is 0 Å². The van der Waals surface area contributed by atoms with Gasteiger partial charge in [-0.15, -0.1) is 40.0 Å². The number of carboxylic acids is 2. The number of nitrogens with one attached hydrogen (secondary N) is 1. The van der Waals surface area contributed by atoms with Crippen molar-refractivity contribution in [3.63, 3.8) is 0 Å². The number of hydrogen-bond donors (Lipinski definition) is 5. The molecule has 1 fully saturated rings. The number of carbonyl (C=O) groups excluding carboxylic acids is 2. The standard InChI is InChI=1S/C20H17N9O7S3/c1-6-2-9(29-20(22-6)25-13(26-29)18(34)35)37-3-7-4-38-16-11(15(31)28(16)12(7)17(32)33)24-14(30)10(27-36)8-5-39-19(21)23-8/h2,5,11,16,36H,3-4H2,1H3,(H2,21,23)(H,24,30)(H,32,33)(H,34,35)/t11-,16-/m1/s1. The molecule has 0 unspecified atom stereocenters. The summed E-state index contributed by atoms with van der Waals surface area (Å²) < 4.78 is 1.26. The molecule has 2 amide bonds. The summed E-state index contributed by atoms with van der Waals surface area (Å²) in [6.45, 7) is 1.70. The minimum Gasteiger partial charge on any atom is -0.477 e. The number of anilines is 1. The predicted molar refractivity (Wildman–Crippen MR) is 138 cm³/mol. The number of nitrogen functional groups attached to an aromatic ring is 1. The lowest BCUT2D eigenvalue weighted by atomic mass is 10.0. The molecule has 0 aromatic carbocycles. The Morgan fingerprint density at radius 2 is 2.03 bits per heavy atom. The number of aromatic nitrogens is 5. The van der Waals surface area contributed by atoms with Crippen LogP contribution in [0.5, 0.6) is 0 Å². The number of amides is 2. The number of fused-ring (bicyclic) bond motifs is 2. The number of carbonyl (C=O) groups is 4. The Balaban J connectivity index is 1.34. The van der Waals surface area contributed by atoms with Crippen molar-refractivity contribution in [2.45, 2.75) is 23.4 Å². The minimum atomic E-state index is -1.31. The van der Waals surface area contributed by atoms with Crippen molar-refractivity contribution in [2.75, 3.05) is 17.2 Å².